The monoisotopic (exact) mass is 420 g/mol. The summed E-state index contributed by atoms with van der Waals surface area (Å²) in [5.74, 6) is 0.620. The Morgan fingerprint density at radius 1 is 0.966 bits per heavy atom. The molecule has 4 saturated carbocycles. The van der Waals surface area contributed by atoms with Crippen LogP contribution in [0.1, 0.15) is 78.1 Å². The lowest BCUT2D eigenvalue weighted by molar-refractivity contribution is -0.154. The summed E-state index contributed by atoms with van der Waals surface area (Å²) in [4.78, 5) is 36.8. The van der Waals surface area contributed by atoms with Crippen molar-refractivity contribution in [2.75, 3.05) is 0 Å². The van der Waals surface area contributed by atoms with Crippen LogP contribution in [0.4, 0.5) is 0 Å². The van der Waals surface area contributed by atoms with E-state index in [1.54, 1.807) is 0 Å². The lowest BCUT2D eigenvalue weighted by atomic mass is 9.44. The number of ether oxygens (including phenoxy) is 1. The first-order valence-electron chi connectivity index (χ1n) is 11.7. The SMILES string of the molecule is C[C@]12CCC(Cl)CC1CCC1C2CC[C@@]2(C)C1CC[C@@H]2C(=O)C1CC(=O)OC1=O. The number of esters is 2. The third-order valence-electron chi connectivity index (χ3n) is 10.2. The number of carbonyl (C=O) groups is 3. The number of carbonyl (C=O) groups excluding carboxylic acids is 3. The van der Waals surface area contributed by atoms with Crippen LogP contribution < -0.4 is 0 Å². The van der Waals surface area contributed by atoms with Gasteiger partial charge < -0.3 is 4.74 Å². The van der Waals surface area contributed by atoms with E-state index in [4.69, 9.17) is 11.6 Å². The molecule has 9 atom stereocenters. The smallest absolute Gasteiger partial charge is 0.324 e. The highest BCUT2D eigenvalue weighted by Gasteiger charge is 2.62. The van der Waals surface area contributed by atoms with Crippen LogP contribution >= 0.6 is 11.6 Å². The van der Waals surface area contributed by atoms with Crippen molar-refractivity contribution in [1.82, 2.24) is 0 Å². The number of halogens is 1. The zero-order chi connectivity index (χ0) is 20.6. The molecule has 0 aromatic heterocycles. The number of rotatable bonds is 2. The standard InChI is InChI=1S/C24H33ClO4/c1-23-9-7-14(25)11-13(23)3-4-15-17-5-6-19(24(17,2)10-8-18(15)23)21(27)16-12-20(26)29-22(16)28/h13-19H,3-12H2,1-2H3/t13?,14?,15?,16?,17?,18?,19-,23+,24+/m1/s1. The van der Waals surface area contributed by atoms with E-state index >= 15 is 0 Å². The molecule has 0 amide bonds. The topological polar surface area (TPSA) is 60.4 Å². The van der Waals surface area contributed by atoms with Gasteiger partial charge in [-0.25, -0.2) is 0 Å². The molecular weight excluding hydrogens is 388 g/mol. The predicted molar refractivity (Wildman–Crippen MR) is 109 cm³/mol. The maximum absolute atomic E-state index is 13.3. The van der Waals surface area contributed by atoms with Gasteiger partial charge in [-0.05, 0) is 92.3 Å². The van der Waals surface area contributed by atoms with Crippen LogP contribution in [-0.2, 0) is 19.1 Å². The second-order valence-corrected chi connectivity index (χ2v) is 11.8. The Morgan fingerprint density at radius 2 is 1.69 bits per heavy atom. The summed E-state index contributed by atoms with van der Waals surface area (Å²) in [7, 11) is 0. The van der Waals surface area contributed by atoms with Crippen LogP contribution in [0.5, 0.6) is 0 Å². The van der Waals surface area contributed by atoms with Gasteiger partial charge in [0.1, 0.15) is 5.92 Å². The largest absolute Gasteiger partial charge is 0.393 e. The summed E-state index contributed by atoms with van der Waals surface area (Å²) >= 11 is 6.52. The third kappa shape index (κ3) is 2.87. The zero-order valence-corrected chi connectivity index (χ0v) is 18.4. The lowest BCUT2D eigenvalue weighted by Gasteiger charge is -2.61. The van der Waals surface area contributed by atoms with Gasteiger partial charge in [0.05, 0.1) is 6.42 Å². The molecule has 5 heteroatoms. The fourth-order valence-electron chi connectivity index (χ4n) is 8.61. The normalized spacial score (nSPS) is 51.8. The maximum Gasteiger partial charge on any atom is 0.324 e. The summed E-state index contributed by atoms with van der Waals surface area (Å²) in [6, 6.07) is 0. The van der Waals surface area contributed by atoms with Gasteiger partial charge >= 0.3 is 11.9 Å². The van der Waals surface area contributed by atoms with Gasteiger partial charge in [0, 0.05) is 11.3 Å². The van der Waals surface area contributed by atoms with Crippen LogP contribution in [0.25, 0.3) is 0 Å². The molecule has 4 nitrogen and oxygen atoms in total. The molecule has 5 fully saturated rings. The van der Waals surface area contributed by atoms with E-state index < -0.39 is 17.9 Å². The van der Waals surface area contributed by atoms with Gasteiger partial charge in [0.25, 0.3) is 0 Å². The van der Waals surface area contributed by atoms with Gasteiger partial charge in [0.15, 0.2) is 5.78 Å². The van der Waals surface area contributed by atoms with Crippen molar-refractivity contribution in [2.45, 2.75) is 83.4 Å². The summed E-state index contributed by atoms with van der Waals surface area (Å²) in [6.07, 6.45) is 10.2. The molecule has 29 heavy (non-hydrogen) atoms. The molecule has 4 aliphatic carbocycles. The molecule has 1 heterocycles. The number of Topliss-reactive ketones (excluding diaryl/α,β-unsaturated/α-hetero) is 1. The number of hydrogen-bond donors (Lipinski definition) is 0. The van der Waals surface area contributed by atoms with E-state index in [2.05, 4.69) is 18.6 Å². The van der Waals surface area contributed by atoms with E-state index in [0.717, 1.165) is 37.5 Å². The molecule has 5 rings (SSSR count). The maximum atomic E-state index is 13.3. The number of alkyl halides is 1. The van der Waals surface area contributed by atoms with Gasteiger partial charge in [-0.2, -0.15) is 0 Å². The highest BCUT2D eigenvalue weighted by atomic mass is 35.5. The number of hydrogen-bond acceptors (Lipinski definition) is 4. The molecular formula is C24H33ClO4. The Kier molecular flexibility index (Phi) is 4.70. The van der Waals surface area contributed by atoms with E-state index in [0.29, 0.717) is 22.6 Å². The van der Waals surface area contributed by atoms with Crippen LogP contribution in [-0.4, -0.2) is 23.1 Å². The molecule has 0 bridgehead atoms. The molecule has 1 saturated heterocycles. The number of fused-ring (bicyclic) bond motifs is 5. The molecule has 0 aromatic rings. The molecule has 160 valence electrons. The minimum atomic E-state index is -0.854. The first-order chi connectivity index (χ1) is 13.7. The van der Waals surface area contributed by atoms with Gasteiger partial charge in [-0.1, -0.05) is 13.8 Å². The minimum Gasteiger partial charge on any atom is -0.393 e. The van der Waals surface area contributed by atoms with Crippen molar-refractivity contribution in [3.8, 4) is 0 Å². The average Bonchev–Trinajstić information content (AvgIpc) is 3.20. The second-order valence-electron chi connectivity index (χ2n) is 11.2. The van der Waals surface area contributed by atoms with Gasteiger partial charge in [-0.3, -0.25) is 14.4 Å². The fourth-order valence-corrected chi connectivity index (χ4v) is 8.93. The fraction of sp³-hybridized carbons (Fsp3) is 0.875. The van der Waals surface area contributed by atoms with Gasteiger partial charge in [-0.15, -0.1) is 11.6 Å². The molecule has 0 spiro atoms. The summed E-state index contributed by atoms with van der Waals surface area (Å²) in [6.45, 7) is 4.83. The Bertz CT molecular complexity index is 749. The summed E-state index contributed by atoms with van der Waals surface area (Å²) in [5.41, 5.74) is 0.371. The average molecular weight is 421 g/mol. The molecule has 0 aromatic carbocycles. The van der Waals surface area contributed by atoms with Crippen molar-refractivity contribution in [3.63, 3.8) is 0 Å². The van der Waals surface area contributed by atoms with Crippen LogP contribution in [0.3, 0.4) is 0 Å². The Morgan fingerprint density at radius 3 is 2.41 bits per heavy atom. The molecule has 6 unspecified atom stereocenters. The van der Waals surface area contributed by atoms with Crippen molar-refractivity contribution < 1.29 is 19.1 Å². The lowest BCUT2D eigenvalue weighted by Crippen LogP contribution is -2.54. The first-order valence-corrected chi connectivity index (χ1v) is 12.1. The number of ketones is 1. The van der Waals surface area contributed by atoms with Gasteiger partial charge in [0.2, 0.25) is 0 Å². The Labute approximate surface area is 178 Å². The first kappa shape index (κ1) is 20.0. The Hall–Kier alpha value is -0.900. The van der Waals surface area contributed by atoms with E-state index in [1.807, 2.05) is 0 Å². The van der Waals surface area contributed by atoms with Crippen molar-refractivity contribution in [3.05, 3.63) is 0 Å². The van der Waals surface area contributed by atoms with E-state index in [-0.39, 0.29) is 23.5 Å². The van der Waals surface area contributed by atoms with Crippen molar-refractivity contribution >= 4 is 29.3 Å². The molecule has 0 N–H and O–H groups in total. The third-order valence-corrected chi connectivity index (χ3v) is 10.6. The number of cyclic esters (lactones) is 2. The summed E-state index contributed by atoms with van der Waals surface area (Å²) in [5, 5.41) is 0.348. The van der Waals surface area contributed by atoms with Crippen molar-refractivity contribution in [1.29, 1.82) is 0 Å². The molecule has 0 radical (unpaired) electrons. The van der Waals surface area contributed by atoms with E-state index in [9.17, 15) is 14.4 Å². The van der Waals surface area contributed by atoms with Crippen LogP contribution in [0.2, 0.25) is 0 Å². The zero-order valence-electron chi connectivity index (χ0n) is 17.6. The second kappa shape index (κ2) is 6.80. The highest BCUT2D eigenvalue weighted by Crippen LogP contribution is 2.67. The molecule has 5 aliphatic rings. The highest BCUT2D eigenvalue weighted by molar-refractivity contribution is 6.20. The molecule has 1 aliphatic heterocycles. The van der Waals surface area contributed by atoms with E-state index in [1.165, 1.54) is 32.1 Å². The summed E-state index contributed by atoms with van der Waals surface area (Å²) < 4.78 is 4.68. The minimum absolute atomic E-state index is 0.0214. The quantitative estimate of drug-likeness (QED) is 0.361. The van der Waals surface area contributed by atoms with Crippen LogP contribution in [0, 0.1) is 46.3 Å². The van der Waals surface area contributed by atoms with Crippen LogP contribution in [0.15, 0.2) is 0 Å². The predicted octanol–water partition coefficient (Wildman–Crippen LogP) is 4.91. The van der Waals surface area contributed by atoms with Crippen molar-refractivity contribution in [2.24, 2.45) is 46.3 Å². The Balaban J connectivity index is 1.38.